The van der Waals surface area contributed by atoms with Crippen molar-refractivity contribution in [1.82, 2.24) is 9.63 Å². The quantitative estimate of drug-likeness (QED) is 0.792. The van der Waals surface area contributed by atoms with E-state index in [2.05, 4.69) is 0 Å². The molecule has 1 aromatic carbocycles. The number of carbonyl (C=O) groups excluding carboxylic acids is 3. The summed E-state index contributed by atoms with van der Waals surface area (Å²) in [6, 6.07) is 10.2. The van der Waals surface area contributed by atoms with Crippen LogP contribution in [0.4, 0.5) is 0 Å². The highest BCUT2D eigenvalue weighted by atomic mass is 16.7. The predicted octanol–water partition coefficient (Wildman–Crippen LogP) is 2.02. The minimum absolute atomic E-state index is 0.131. The highest BCUT2D eigenvalue weighted by Crippen LogP contribution is 2.22. The summed E-state index contributed by atoms with van der Waals surface area (Å²) < 4.78 is 1.94. The van der Waals surface area contributed by atoms with E-state index in [9.17, 15) is 14.4 Å². The highest BCUT2D eigenvalue weighted by Gasteiger charge is 2.38. The summed E-state index contributed by atoms with van der Waals surface area (Å²) in [7, 11) is 0. The average molecular weight is 298 g/mol. The number of aromatic nitrogens is 1. The van der Waals surface area contributed by atoms with Gasteiger partial charge in [0, 0.05) is 25.4 Å². The minimum Gasteiger partial charge on any atom is -0.354 e. The van der Waals surface area contributed by atoms with Crippen LogP contribution in [0.2, 0.25) is 0 Å². The molecule has 1 aliphatic heterocycles. The van der Waals surface area contributed by atoms with E-state index in [1.165, 1.54) is 12.1 Å². The van der Waals surface area contributed by atoms with Gasteiger partial charge < -0.3 is 9.40 Å². The van der Waals surface area contributed by atoms with Crippen LogP contribution in [0.25, 0.3) is 0 Å². The van der Waals surface area contributed by atoms with E-state index in [0.29, 0.717) is 18.0 Å². The second-order valence-corrected chi connectivity index (χ2v) is 4.94. The Morgan fingerprint density at radius 2 is 1.55 bits per heavy atom. The number of benzene rings is 1. The molecule has 0 radical (unpaired) electrons. The van der Waals surface area contributed by atoms with Crippen molar-refractivity contribution in [3.05, 3.63) is 59.9 Å². The first-order valence-corrected chi connectivity index (χ1v) is 6.96. The number of hydroxylamine groups is 2. The number of aryl methyl sites for hydroxylation is 1. The van der Waals surface area contributed by atoms with Gasteiger partial charge in [-0.2, -0.15) is 0 Å². The number of nitrogens with zero attached hydrogens (tertiary/aromatic N) is 2. The Morgan fingerprint density at radius 1 is 0.955 bits per heavy atom. The summed E-state index contributed by atoms with van der Waals surface area (Å²) in [6.45, 7) is 0.671. The van der Waals surface area contributed by atoms with Gasteiger partial charge in [-0.05, 0) is 30.7 Å². The Balaban J connectivity index is 1.56. The molecule has 0 bridgehead atoms. The van der Waals surface area contributed by atoms with E-state index in [-0.39, 0.29) is 17.5 Å². The molecule has 0 N–H and O–H groups in total. The zero-order valence-electron chi connectivity index (χ0n) is 11.8. The maximum absolute atomic E-state index is 12.0. The molecular weight excluding hydrogens is 284 g/mol. The summed E-state index contributed by atoms with van der Waals surface area (Å²) in [5.41, 5.74) is 0.514. The molecule has 1 aliphatic rings. The van der Waals surface area contributed by atoms with E-state index in [0.717, 1.165) is 0 Å². The van der Waals surface area contributed by atoms with Gasteiger partial charge in [0.05, 0.1) is 11.1 Å². The molecule has 6 nitrogen and oxygen atoms in total. The second kappa shape index (κ2) is 5.85. The number of amides is 2. The normalized spacial score (nSPS) is 13.4. The van der Waals surface area contributed by atoms with Crippen molar-refractivity contribution in [2.24, 2.45) is 0 Å². The van der Waals surface area contributed by atoms with Gasteiger partial charge in [0.2, 0.25) is 0 Å². The molecule has 6 heteroatoms. The number of rotatable bonds is 5. The first-order valence-electron chi connectivity index (χ1n) is 6.96. The van der Waals surface area contributed by atoms with E-state index in [1.54, 1.807) is 12.1 Å². The fraction of sp³-hybridized carbons (Fsp3) is 0.188. The molecule has 2 heterocycles. The Bertz CT molecular complexity index is 687. The number of hydrogen-bond acceptors (Lipinski definition) is 4. The van der Waals surface area contributed by atoms with Gasteiger partial charge in [-0.15, -0.1) is 0 Å². The maximum Gasteiger partial charge on any atom is 0.333 e. The first kappa shape index (κ1) is 14.1. The zero-order chi connectivity index (χ0) is 15.5. The number of imide groups is 1. The van der Waals surface area contributed by atoms with Crippen LogP contribution in [0.15, 0.2) is 48.8 Å². The molecule has 0 saturated heterocycles. The Kier molecular flexibility index (Phi) is 3.74. The SMILES string of the molecule is O=C(CCCn1cccc1)ON1C(=O)c2ccccc2C1=O. The van der Waals surface area contributed by atoms with Crippen LogP contribution in [-0.2, 0) is 16.2 Å². The lowest BCUT2D eigenvalue weighted by Crippen LogP contribution is -2.32. The van der Waals surface area contributed by atoms with Crippen LogP contribution in [0.1, 0.15) is 33.6 Å². The number of fused-ring (bicyclic) bond motifs is 1. The van der Waals surface area contributed by atoms with Crippen LogP contribution in [-0.4, -0.2) is 27.4 Å². The Morgan fingerprint density at radius 3 is 2.14 bits per heavy atom. The summed E-state index contributed by atoms with van der Waals surface area (Å²) in [5, 5.41) is 0.544. The van der Waals surface area contributed by atoms with Crippen molar-refractivity contribution >= 4 is 17.8 Å². The standard InChI is InChI=1S/C16H14N2O4/c19-14(8-5-11-17-9-3-4-10-17)22-18-15(20)12-6-1-2-7-13(12)16(18)21/h1-4,6-7,9-10H,5,8,11H2. The van der Waals surface area contributed by atoms with Crippen molar-refractivity contribution in [2.45, 2.75) is 19.4 Å². The topological polar surface area (TPSA) is 68.6 Å². The molecule has 0 saturated carbocycles. The van der Waals surface area contributed by atoms with Crippen molar-refractivity contribution < 1.29 is 19.2 Å². The molecule has 112 valence electrons. The third-order valence-electron chi connectivity index (χ3n) is 3.41. The van der Waals surface area contributed by atoms with Gasteiger partial charge >= 0.3 is 5.97 Å². The largest absolute Gasteiger partial charge is 0.354 e. The fourth-order valence-corrected chi connectivity index (χ4v) is 2.32. The third kappa shape index (κ3) is 2.63. The summed E-state index contributed by atoms with van der Waals surface area (Å²) in [4.78, 5) is 40.8. The predicted molar refractivity (Wildman–Crippen MR) is 76.7 cm³/mol. The van der Waals surface area contributed by atoms with Crippen LogP contribution < -0.4 is 0 Å². The molecule has 0 fully saturated rings. The molecular formula is C16H14N2O4. The molecule has 2 aromatic rings. The Labute approximate surface area is 126 Å². The first-order chi connectivity index (χ1) is 10.7. The van der Waals surface area contributed by atoms with E-state index in [4.69, 9.17) is 4.84 Å². The molecule has 0 atom stereocenters. The molecule has 2 amide bonds. The third-order valence-corrected chi connectivity index (χ3v) is 3.41. The molecule has 0 spiro atoms. The van der Waals surface area contributed by atoms with Gasteiger partial charge in [-0.1, -0.05) is 17.2 Å². The van der Waals surface area contributed by atoms with Crippen LogP contribution >= 0.6 is 0 Å². The summed E-state index contributed by atoms with van der Waals surface area (Å²) >= 11 is 0. The average Bonchev–Trinajstić information content (AvgIpc) is 3.11. The zero-order valence-corrected chi connectivity index (χ0v) is 11.8. The lowest BCUT2D eigenvalue weighted by molar-refractivity contribution is -0.168. The molecule has 0 aliphatic carbocycles. The van der Waals surface area contributed by atoms with Gasteiger partial charge in [-0.25, -0.2) is 4.79 Å². The number of carbonyl (C=O) groups is 3. The summed E-state index contributed by atoms with van der Waals surface area (Å²) in [6.07, 6.45) is 4.49. The van der Waals surface area contributed by atoms with Crippen molar-refractivity contribution in [3.8, 4) is 0 Å². The second-order valence-electron chi connectivity index (χ2n) is 4.94. The molecule has 22 heavy (non-hydrogen) atoms. The van der Waals surface area contributed by atoms with Crippen molar-refractivity contribution in [1.29, 1.82) is 0 Å². The van der Waals surface area contributed by atoms with E-state index in [1.807, 2.05) is 29.1 Å². The van der Waals surface area contributed by atoms with Crippen LogP contribution in [0.3, 0.4) is 0 Å². The lowest BCUT2D eigenvalue weighted by Gasteiger charge is -2.12. The van der Waals surface area contributed by atoms with Crippen molar-refractivity contribution in [3.63, 3.8) is 0 Å². The van der Waals surface area contributed by atoms with Gasteiger partial charge in [0.15, 0.2) is 0 Å². The summed E-state index contributed by atoms with van der Waals surface area (Å²) in [5.74, 6) is -1.79. The monoisotopic (exact) mass is 298 g/mol. The number of hydrogen-bond donors (Lipinski definition) is 0. The molecule has 0 unspecified atom stereocenters. The fourth-order valence-electron chi connectivity index (χ4n) is 2.32. The Hall–Kier alpha value is -2.89. The molecule has 3 rings (SSSR count). The minimum atomic E-state index is -0.598. The lowest BCUT2D eigenvalue weighted by atomic mass is 10.1. The van der Waals surface area contributed by atoms with Crippen LogP contribution in [0, 0.1) is 0 Å². The van der Waals surface area contributed by atoms with Crippen LogP contribution in [0.5, 0.6) is 0 Å². The van der Waals surface area contributed by atoms with E-state index < -0.39 is 17.8 Å². The van der Waals surface area contributed by atoms with E-state index >= 15 is 0 Å². The van der Waals surface area contributed by atoms with Gasteiger partial charge in [0.25, 0.3) is 11.8 Å². The smallest absolute Gasteiger partial charge is 0.333 e. The maximum atomic E-state index is 12.0. The molecule has 1 aromatic heterocycles. The highest BCUT2D eigenvalue weighted by molar-refractivity contribution is 6.20. The van der Waals surface area contributed by atoms with Gasteiger partial charge in [0.1, 0.15) is 0 Å². The van der Waals surface area contributed by atoms with Gasteiger partial charge in [-0.3, -0.25) is 9.59 Å². The van der Waals surface area contributed by atoms with Crippen molar-refractivity contribution in [2.75, 3.05) is 0 Å².